The highest BCUT2D eigenvalue weighted by Gasteiger charge is 2.70. The number of rotatable bonds is 3. The summed E-state index contributed by atoms with van der Waals surface area (Å²) < 4.78 is 17.0. The van der Waals surface area contributed by atoms with Gasteiger partial charge in [0.2, 0.25) is 0 Å². The molecule has 0 aromatic heterocycles. The quantitative estimate of drug-likeness (QED) is 0.268. The summed E-state index contributed by atoms with van der Waals surface area (Å²) in [4.78, 5) is 11.8. The lowest BCUT2D eigenvalue weighted by molar-refractivity contribution is -0.319. The number of esters is 1. The van der Waals surface area contributed by atoms with Gasteiger partial charge in [0.25, 0.3) is 0 Å². The fourth-order valence-corrected chi connectivity index (χ4v) is 9.80. The summed E-state index contributed by atoms with van der Waals surface area (Å²) in [5, 5.41) is 55.1. The highest BCUT2D eigenvalue weighted by molar-refractivity contribution is 5.85. The first kappa shape index (κ1) is 27.1. The Morgan fingerprint density at radius 1 is 0.895 bits per heavy atom. The monoisotopic (exact) mass is 536 g/mol. The van der Waals surface area contributed by atoms with Crippen LogP contribution in [0.25, 0.3) is 0 Å². The molecule has 38 heavy (non-hydrogen) atoms. The molecule has 9 heteroatoms. The van der Waals surface area contributed by atoms with Crippen molar-refractivity contribution in [3.63, 3.8) is 0 Å². The lowest BCUT2D eigenvalue weighted by atomic mass is 9.42. The van der Waals surface area contributed by atoms with Crippen LogP contribution in [0.4, 0.5) is 0 Å². The number of aliphatic hydroxyl groups is 5. The highest BCUT2D eigenvalue weighted by atomic mass is 16.7. The third kappa shape index (κ3) is 3.65. The molecule has 0 unspecified atom stereocenters. The van der Waals surface area contributed by atoms with Gasteiger partial charge in [-0.2, -0.15) is 0 Å². The highest BCUT2D eigenvalue weighted by Crippen LogP contribution is 2.70. The second-order valence-electron chi connectivity index (χ2n) is 13.7. The minimum atomic E-state index is -1.36. The van der Waals surface area contributed by atoms with Gasteiger partial charge < -0.3 is 39.7 Å². The molecule has 0 amide bonds. The van der Waals surface area contributed by atoms with E-state index in [2.05, 4.69) is 13.8 Å². The molecule has 1 saturated heterocycles. The van der Waals surface area contributed by atoms with E-state index in [0.717, 1.165) is 37.7 Å². The maximum atomic E-state index is 12.4. The van der Waals surface area contributed by atoms with Crippen molar-refractivity contribution in [1.82, 2.24) is 0 Å². The third-order valence-electron chi connectivity index (χ3n) is 12.2. The Morgan fingerprint density at radius 3 is 2.32 bits per heavy atom. The predicted octanol–water partition coefficient (Wildman–Crippen LogP) is 1.57. The van der Waals surface area contributed by atoms with Crippen LogP contribution < -0.4 is 0 Å². The second-order valence-corrected chi connectivity index (χ2v) is 13.7. The fraction of sp³-hybridized carbons (Fsp3) is 0.897. The molecule has 4 saturated carbocycles. The molecule has 5 N–H and O–H groups in total. The van der Waals surface area contributed by atoms with E-state index in [0.29, 0.717) is 32.3 Å². The van der Waals surface area contributed by atoms with Crippen LogP contribution in [0.5, 0.6) is 0 Å². The summed E-state index contributed by atoms with van der Waals surface area (Å²) in [6.45, 7) is 6.33. The van der Waals surface area contributed by atoms with E-state index in [1.165, 1.54) is 0 Å². The van der Waals surface area contributed by atoms with Crippen LogP contribution in [0.3, 0.4) is 0 Å². The van der Waals surface area contributed by atoms with Crippen molar-refractivity contribution in [1.29, 1.82) is 0 Å². The topological polar surface area (TPSA) is 146 Å². The zero-order valence-electron chi connectivity index (χ0n) is 22.7. The Bertz CT molecular complexity index is 1000. The van der Waals surface area contributed by atoms with Crippen LogP contribution in [0.1, 0.15) is 78.6 Å². The Hall–Kier alpha value is -1.07. The number of fused-ring (bicyclic) bond motifs is 5. The molecule has 4 aliphatic carbocycles. The molecule has 6 rings (SSSR count). The van der Waals surface area contributed by atoms with Crippen molar-refractivity contribution < 1.29 is 44.5 Å². The van der Waals surface area contributed by atoms with E-state index in [9.17, 15) is 30.3 Å². The van der Waals surface area contributed by atoms with Crippen LogP contribution in [0.2, 0.25) is 0 Å². The van der Waals surface area contributed by atoms with Crippen LogP contribution in [0, 0.1) is 28.6 Å². The van der Waals surface area contributed by atoms with Crippen molar-refractivity contribution in [2.45, 2.75) is 127 Å². The Labute approximate surface area is 224 Å². The number of carbonyl (C=O) groups is 1. The van der Waals surface area contributed by atoms with Crippen molar-refractivity contribution in [3.8, 4) is 0 Å². The molecule has 9 nitrogen and oxygen atoms in total. The first-order valence-electron chi connectivity index (χ1n) is 14.5. The van der Waals surface area contributed by atoms with E-state index >= 15 is 0 Å². The smallest absolute Gasteiger partial charge is 0.331 e. The summed E-state index contributed by atoms with van der Waals surface area (Å²) in [6.07, 6.45) is 2.01. The van der Waals surface area contributed by atoms with E-state index in [4.69, 9.17) is 14.2 Å². The lowest BCUT2D eigenvalue weighted by Crippen LogP contribution is -2.67. The third-order valence-corrected chi connectivity index (χ3v) is 12.2. The van der Waals surface area contributed by atoms with E-state index < -0.39 is 41.9 Å². The summed E-state index contributed by atoms with van der Waals surface area (Å²) in [5.41, 5.74) is -1.51. The van der Waals surface area contributed by atoms with E-state index in [-0.39, 0.29) is 40.7 Å². The van der Waals surface area contributed by atoms with Gasteiger partial charge in [-0.05, 0) is 87.0 Å². The van der Waals surface area contributed by atoms with Gasteiger partial charge in [0.15, 0.2) is 6.29 Å². The molecule has 0 aromatic carbocycles. The molecular formula is C29H44O9. The SMILES string of the molecule is C[C@@H]1O[C@@H](O[C@H]2CC[C@]3(C)[C@H]4CC[C@]5(C)[C@@H](C6=CC(=O)OC6)CC[C@]5(O)[C@@H]4CC[C@]3(O)C2)[C@H](O)[C@H](O)[C@H]1O. The zero-order valence-corrected chi connectivity index (χ0v) is 22.7. The summed E-state index contributed by atoms with van der Waals surface area (Å²) in [6, 6.07) is 0. The Kier molecular flexibility index (Phi) is 6.40. The molecule has 6 aliphatic rings. The largest absolute Gasteiger partial charge is 0.458 e. The number of hydrogen-bond donors (Lipinski definition) is 5. The van der Waals surface area contributed by atoms with Gasteiger partial charge in [0, 0.05) is 17.9 Å². The average Bonchev–Trinajstić information content (AvgIpc) is 3.41. The minimum absolute atomic E-state index is 0.0774. The molecular weight excluding hydrogens is 492 g/mol. The molecule has 5 fully saturated rings. The number of hydrogen-bond acceptors (Lipinski definition) is 9. The van der Waals surface area contributed by atoms with Crippen molar-refractivity contribution >= 4 is 5.97 Å². The average molecular weight is 537 g/mol. The van der Waals surface area contributed by atoms with E-state index in [1.54, 1.807) is 13.0 Å². The first-order valence-corrected chi connectivity index (χ1v) is 14.5. The minimum Gasteiger partial charge on any atom is -0.458 e. The Morgan fingerprint density at radius 2 is 1.61 bits per heavy atom. The van der Waals surface area contributed by atoms with E-state index in [1.807, 2.05) is 0 Å². The van der Waals surface area contributed by atoms with Crippen LogP contribution in [0.15, 0.2) is 11.6 Å². The van der Waals surface area contributed by atoms with Gasteiger partial charge in [-0.3, -0.25) is 0 Å². The van der Waals surface area contributed by atoms with Crippen molar-refractivity contribution in [3.05, 3.63) is 11.6 Å². The zero-order chi connectivity index (χ0) is 27.3. The molecule has 13 atom stereocenters. The standard InChI is InChI=1S/C29H44O9/c1-15-22(31)23(32)24(33)25(37-15)38-17-4-8-26(2)19-5-9-27(3)18(16-12-21(30)36-14-16)7-11-29(27,35)20(19)6-10-28(26,34)13-17/h12,15,17-20,22-25,31-35H,4-11,13-14H2,1-3H3/t15-,17-,18+,19-,20+,22-,23+,24+,25-,26+,27+,28-,29-/m0/s1. The van der Waals surface area contributed by atoms with Crippen LogP contribution >= 0.6 is 0 Å². The number of cyclic esters (lactones) is 1. The summed E-state index contributed by atoms with van der Waals surface area (Å²) in [5.74, 6) is 0.0978. The molecule has 2 heterocycles. The van der Waals surface area contributed by atoms with Crippen molar-refractivity contribution in [2.24, 2.45) is 28.6 Å². The number of ether oxygens (including phenoxy) is 3. The first-order chi connectivity index (χ1) is 17.8. The van der Waals surface area contributed by atoms with Gasteiger partial charge in [-0.25, -0.2) is 4.79 Å². The van der Waals surface area contributed by atoms with Gasteiger partial charge in [-0.15, -0.1) is 0 Å². The second kappa shape index (κ2) is 8.96. The van der Waals surface area contributed by atoms with Crippen LogP contribution in [-0.2, 0) is 19.0 Å². The molecule has 0 spiro atoms. The molecule has 2 aliphatic heterocycles. The fourth-order valence-electron chi connectivity index (χ4n) is 9.80. The maximum Gasteiger partial charge on any atom is 0.331 e. The Balaban J connectivity index is 1.19. The molecule has 0 aromatic rings. The predicted molar refractivity (Wildman–Crippen MR) is 134 cm³/mol. The molecule has 214 valence electrons. The summed E-state index contributed by atoms with van der Waals surface area (Å²) >= 11 is 0. The van der Waals surface area contributed by atoms with Gasteiger partial charge in [0.1, 0.15) is 24.9 Å². The number of aliphatic hydroxyl groups excluding tert-OH is 3. The lowest BCUT2D eigenvalue weighted by Gasteiger charge is -2.66. The number of carbonyl (C=O) groups excluding carboxylic acids is 1. The normalized spacial score (nSPS) is 56.5. The van der Waals surface area contributed by atoms with Gasteiger partial charge in [0.05, 0.1) is 23.4 Å². The maximum absolute atomic E-state index is 12.4. The van der Waals surface area contributed by atoms with Gasteiger partial charge in [-0.1, -0.05) is 13.8 Å². The van der Waals surface area contributed by atoms with Crippen molar-refractivity contribution in [2.75, 3.05) is 6.61 Å². The van der Waals surface area contributed by atoms with Crippen LogP contribution in [-0.4, -0.2) is 86.1 Å². The summed E-state index contributed by atoms with van der Waals surface area (Å²) in [7, 11) is 0. The molecule has 0 radical (unpaired) electrons. The molecule has 0 bridgehead atoms. The van der Waals surface area contributed by atoms with Gasteiger partial charge >= 0.3 is 5.97 Å².